The molecule has 0 radical (unpaired) electrons. The van der Waals surface area contributed by atoms with Crippen molar-refractivity contribution in [2.75, 3.05) is 0 Å². The summed E-state index contributed by atoms with van der Waals surface area (Å²) in [6, 6.07) is 0. The highest BCUT2D eigenvalue weighted by molar-refractivity contribution is 5.05. The first-order valence-corrected chi connectivity index (χ1v) is 6.87. The summed E-state index contributed by atoms with van der Waals surface area (Å²) in [6.45, 7) is 11.8. The third-order valence-electron chi connectivity index (χ3n) is 6.11. The molecule has 94 valence electrons. The molecular formula is C15H28O. The van der Waals surface area contributed by atoms with E-state index in [0.29, 0.717) is 10.8 Å². The van der Waals surface area contributed by atoms with Gasteiger partial charge in [-0.2, -0.15) is 0 Å². The van der Waals surface area contributed by atoms with Gasteiger partial charge in [-0.1, -0.05) is 34.6 Å². The van der Waals surface area contributed by atoms with Gasteiger partial charge >= 0.3 is 0 Å². The normalized spacial score (nSPS) is 46.1. The van der Waals surface area contributed by atoms with Gasteiger partial charge in [-0.15, -0.1) is 0 Å². The van der Waals surface area contributed by atoms with Crippen LogP contribution in [0.1, 0.15) is 66.7 Å². The summed E-state index contributed by atoms with van der Waals surface area (Å²) < 4.78 is 0. The van der Waals surface area contributed by atoms with Gasteiger partial charge in [0, 0.05) is 0 Å². The zero-order chi connectivity index (χ0) is 12.2. The zero-order valence-electron chi connectivity index (χ0n) is 11.6. The zero-order valence-corrected chi connectivity index (χ0v) is 11.6. The summed E-state index contributed by atoms with van der Waals surface area (Å²) in [7, 11) is 0. The maximum Gasteiger partial charge on any atom is 0.0596 e. The molecule has 0 spiro atoms. The van der Waals surface area contributed by atoms with Crippen molar-refractivity contribution in [3.05, 3.63) is 0 Å². The van der Waals surface area contributed by atoms with Crippen molar-refractivity contribution in [1.29, 1.82) is 0 Å². The summed E-state index contributed by atoms with van der Waals surface area (Å²) in [5.74, 6) is 0.814. The Morgan fingerprint density at radius 1 is 0.938 bits per heavy atom. The molecule has 2 saturated carbocycles. The Bertz CT molecular complexity index is 279. The van der Waals surface area contributed by atoms with Crippen LogP contribution >= 0.6 is 0 Å². The molecule has 2 aliphatic carbocycles. The first-order chi connectivity index (χ1) is 7.19. The van der Waals surface area contributed by atoms with E-state index >= 15 is 0 Å². The fourth-order valence-corrected chi connectivity index (χ4v) is 4.17. The van der Waals surface area contributed by atoms with Crippen molar-refractivity contribution >= 4 is 0 Å². The molecule has 1 heteroatoms. The summed E-state index contributed by atoms with van der Waals surface area (Å²) >= 11 is 0. The third-order valence-corrected chi connectivity index (χ3v) is 6.11. The molecular weight excluding hydrogens is 196 g/mol. The van der Waals surface area contributed by atoms with Crippen LogP contribution in [0.15, 0.2) is 0 Å². The molecule has 1 nitrogen and oxygen atoms in total. The monoisotopic (exact) mass is 224 g/mol. The maximum absolute atomic E-state index is 10.3. The van der Waals surface area contributed by atoms with Gasteiger partial charge in [-0.3, -0.25) is 0 Å². The number of aliphatic hydroxyl groups is 1. The van der Waals surface area contributed by atoms with E-state index in [0.717, 1.165) is 12.3 Å². The van der Waals surface area contributed by atoms with Gasteiger partial charge in [-0.05, 0) is 54.3 Å². The first kappa shape index (κ1) is 12.4. The molecule has 0 bridgehead atoms. The molecule has 2 fully saturated rings. The van der Waals surface area contributed by atoms with Crippen LogP contribution in [0.5, 0.6) is 0 Å². The molecule has 0 amide bonds. The van der Waals surface area contributed by atoms with Crippen LogP contribution < -0.4 is 0 Å². The summed E-state index contributed by atoms with van der Waals surface area (Å²) in [6.07, 6.45) is 6.08. The Morgan fingerprint density at radius 3 is 2.19 bits per heavy atom. The van der Waals surface area contributed by atoms with E-state index in [9.17, 15) is 5.11 Å². The minimum absolute atomic E-state index is 0.0897. The topological polar surface area (TPSA) is 20.2 Å². The van der Waals surface area contributed by atoms with E-state index in [1.807, 2.05) is 0 Å². The number of aliphatic hydroxyl groups excluding tert-OH is 1. The number of rotatable bonds is 0. The Balaban J connectivity index is 2.28. The molecule has 0 heterocycles. The molecule has 2 rings (SSSR count). The van der Waals surface area contributed by atoms with Crippen LogP contribution in [0.2, 0.25) is 0 Å². The van der Waals surface area contributed by atoms with Crippen molar-refractivity contribution in [2.24, 2.45) is 22.2 Å². The van der Waals surface area contributed by atoms with Crippen LogP contribution in [0, 0.1) is 22.2 Å². The largest absolute Gasteiger partial charge is 0.393 e. The molecule has 2 aliphatic rings. The third kappa shape index (κ3) is 1.63. The highest BCUT2D eigenvalue weighted by Gasteiger charge is 2.56. The van der Waals surface area contributed by atoms with E-state index in [4.69, 9.17) is 0 Å². The predicted molar refractivity (Wildman–Crippen MR) is 68.3 cm³/mol. The highest BCUT2D eigenvalue weighted by Crippen LogP contribution is 2.62. The minimum Gasteiger partial charge on any atom is -0.393 e. The van der Waals surface area contributed by atoms with Crippen LogP contribution in [0.4, 0.5) is 0 Å². The van der Waals surface area contributed by atoms with E-state index < -0.39 is 0 Å². The first-order valence-electron chi connectivity index (χ1n) is 6.87. The second kappa shape index (κ2) is 3.48. The van der Waals surface area contributed by atoms with Crippen molar-refractivity contribution in [3.8, 4) is 0 Å². The van der Waals surface area contributed by atoms with Crippen molar-refractivity contribution in [3.63, 3.8) is 0 Å². The van der Waals surface area contributed by atoms with Gasteiger partial charge in [0.2, 0.25) is 0 Å². The van der Waals surface area contributed by atoms with E-state index in [-0.39, 0.29) is 11.5 Å². The molecule has 0 aliphatic heterocycles. The van der Waals surface area contributed by atoms with Gasteiger partial charge in [-0.25, -0.2) is 0 Å². The second-order valence-corrected chi connectivity index (χ2v) is 7.80. The highest BCUT2D eigenvalue weighted by atomic mass is 16.3. The van der Waals surface area contributed by atoms with Crippen LogP contribution in [-0.2, 0) is 0 Å². The van der Waals surface area contributed by atoms with E-state index in [1.54, 1.807) is 0 Å². The number of hydrogen-bond donors (Lipinski definition) is 1. The molecule has 0 saturated heterocycles. The molecule has 0 aromatic rings. The maximum atomic E-state index is 10.3. The van der Waals surface area contributed by atoms with Crippen LogP contribution in [-0.4, -0.2) is 11.2 Å². The molecule has 16 heavy (non-hydrogen) atoms. The van der Waals surface area contributed by atoms with Crippen molar-refractivity contribution in [2.45, 2.75) is 72.8 Å². The summed E-state index contributed by atoms with van der Waals surface area (Å²) in [5, 5.41) is 10.3. The predicted octanol–water partition coefficient (Wildman–Crippen LogP) is 4.00. The van der Waals surface area contributed by atoms with Crippen molar-refractivity contribution in [1.82, 2.24) is 0 Å². The standard InChI is InChI=1S/C15H28O/c1-13(2)8-9-15(5)11(10-13)6-7-12(16)14(15,3)4/h11-12,16H,6-10H2,1-5H3/t11?,12-,15-/m0/s1. The van der Waals surface area contributed by atoms with E-state index in [1.165, 1.54) is 25.7 Å². The molecule has 3 atom stereocenters. The fourth-order valence-electron chi connectivity index (χ4n) is 4.17. The fraction of sp³-hybridized carbons (Fsp3) is 1.00. The van der Waals surface area contributed by atoms with Gasteiger partial charge in [0.05, 0.1) is 6.10 Å². The number of hydrogen-bond acceptors (Lipinski definition) is 1. The lowest BCUT2D eigenvalue weighted by Gasteiger charge is -2.60. The average Bonchev–Trinajstić information content (AvgIpc) is 2.16. The van der Waals surface area contributed by atoms with Crippen molar-refractivity contribution < 1.29 is 5.11 Å². The minimum atomic E-state index is -0.102. The summed E-state index contributed by atoms with van der Waals surface area (Å²) in [5.41, 5.74) is 0.954. The Hall–Kier alpha value is -0.0400. The summed E-state index contributed by atoms with van der Waals surface area (Å²) in [4.78, 5) is 0. The lowest BCUT2D eigenvalue weighted by Crippen LogP contribution is -2.55. The molecule has 0 aromatic heterocycles. The lowest BCUT2D eigenvalue weighted by atomic mass is 9.46. The van der Waals surface area contributed by atoms with Crippen LogP contribution in [0.25, 0.3) is 0 Å². The quantitative estimate of drug-likeness (QED) is 0.659. The van der Waals surface area contributed by atoms with Gasteiger partial charge in [0.1, 0.15) is 0 Å². The van der Waals surface area contributed by atoms with Gasteiger partial charge in [0.25, 0.3) is 0 Å². The molecule has 0 aromatic carbocycles. The Kier molecular flexibility index (Phi) is 2.70. The number of fused-ring (bicyclic) bond motifs is 1. The second-order valence-electron chi connectivity index (χ2n) is 7.80. The Labute approximate surface area is 101 Å². The van der Waals surface area contributed by atoms with E-state index in [2.05, 4.69) is 34.6 Å². The lowest BCUT2D eigenvalue weighted by molar-refractivity contribution is -0.149. The average molecular weight is 224 g/mol. The smallest absolute Gasteiger partial charge is 0.0596 e. The van der Waals surface area contributed by atoms with Gasteiger partial charge in [0.15, 0.2) is 0 Å². The van der Waals surface area contributed by atoms with Gasteiger partial charge < -0.3 is 5.11 Å². The molecule has 1 N–H and O–H groups in total. The SMILES string of the molecule is CC1(C)CC[C@@]2(C)C(CC[C@H](O)C2(C)C)C1. The Morgan fingerprint density at radius 2 is 1.56 bits per heavy atom. The van der Waals surface area contributed by atoms with Crippen LogP contribution in [0.3, 0.4) is 0 Å². The molecule has 1 unspecified atom stereocenters.